The van der Waals surface area contributed by atoms with E-state index in [0.717, 1.165) is 11.3 Å². The van der Waals surface area contributed by atoms with Crippen molar-refractivity contribution in [1.29, 1.82) is 0 Å². The summed E-state index contributed by atoms with van der Waals surface area (Å²) in [4.78, 5) is 28.8. The number of carbonyl (C=O) groups is 1. The maximum absolute atomic E-state index is 12.1. The minimum Gasteiger partial charge on any atom is -0.347 e. The topological polar surface area (TPSA) is 86.3 Å². The molecule has 2 aromatic rings. The van der Waals surface area contributed by atoms with Crippen LogP contribution < -0.4 is 20.4 Å². The van der Waals surface area contributed by atoms with E-state index < -0.39 is 0 Å². The van der Waals surface area contributed by atoms with Crippen molar-refractivity contribution < 1.29 is 4.79 Å². The van der Waals surface area contributed by atoms with E-state index in [4.69, 9.17) is 0 Å². The number of rotatable bonds is 5. The molecule has 134 valence electrons. The fourth-order valence-corrected chi connectivity index (χ4v) is 2.03. The molecule has 0 aliphatic heterocycles. The number of hydrogen-bond donors (Lipinski definition) is 2. The second-order valence-electron chi connectivity index (χ2n) is 6.25. The van der Waals surface area contributed by atoms with Crippen molar-refractivity contribution in [2.24, 2.45) is 0 Å². The summed E-state index contributed by atoms with van der Waals surface area (Å²) in [6, 6.07) is 5.48. The lowest BCUT2D eigenvalue weighted by Crippen LogP contribution is -2.30. The molecule has 0 bridgehead atoms. The van der Waals surface area contributed by atoms with Crippen molar-refractivity contribution in [1.82, 2.24) is 20.3 Å². The largest absolute Gasteiger partial charge is 0.347 e. The molecule has 0 saturated carbocycles. The number of urea groups is 1. The summed E-state index contributed by atoms with van der Waals surface area (Å²) in [6.45, 7) is 4.25. The van der Waals surface area contributed by atoms with Gasteiger partial charge in [-0.3, -0.25) is 0 Å². The Morgan fingerprint density at radius 3 is 2.08 bits per heavy atom. The standard InChI is InChI=1S/C17H25N7O/c1-11-7-8-13(9-12(11)2)19-17(25)18-10-14-20-15(23(3)4)22-16(21-14)24(5)6/h7-9H,10H2,1-6H3,(H2,18,19,25). The van der Waals surface area contributed by atoms with E-state index in [0.29, 0.717) is 17.7 Å². The smallest absolute Gasteiger partial charge is 0.319 e. The Hall–Kier alpha value is -2.90. The highest BCUT2D eigenvalue weighted by Crippen LogP contribution is 2.14. The van der Waals surface area contributed by atoms with Gasteiger partial charge in [-0.05, 0) is 37.1 Å². The van der Waals surface area contributed by atoms with E-state index in [9.17, 15) is 4.79 Å². The van der Waals surface area contributed by atoms with Crippen LogP contribution in [0.3, 0.4) is 0 Å². The zero-order valence-corrected chi connectivity index (χ0v) is 15.6. The number of aryl methyl sites for hydroxylation is 2. The summed E-state index contributed by atoms with van der Waals surface area (Å²) in [7, 11) is 7.44. The Bertz CT molecular complexity index is 732. The maximum atomic E-state index is 12.1. The van der Waals surface area contributed by atoms with Gasteiger partial charge < -0.3 is 20.4 Å². The van der Waals surface area contributed by atoms with Gasteiger partial charge in [0.15, 0.2) is 5.82 Å². The first-order valence-corrected chi connectivity index (χ1v) is 7.98. The second kappa shape index (κ2) is 7.78. The van der Waals surface area contributed by atoms with Gasteiger partial charge in [-0.1, -0.05) is 6.07 Å². The molecule has 0 unspecified atom stereocenters. The highest BCUT2D eigenvalue weighted by molar-refractivity contribution is 5.89. The van der Waals surface area contributed by atoms with Crippen LogP contribution in [0.2, 0.25) is 0 Å². The zero-order valence-electron chi connectivity index (χ0n) is 15.6. The van der Waals surface area contributed by atoms with Crippen LogP contribution in [0.5, 0.6) is 0 Å². The average molecular weight is 343 g/mol. The lowest BCUT2D eigenvalue weighted by Gasteiger charge is -2.16. The van der Waals surface area contributed by atoms with Gasteiger partial charge >= 0.3 is 6.03 Å². The number of aromatic nitrogens is 3. The highest BCUT2D eigenvalue weighted by Gasteiger charge is 2.11. The zero-order chi connectivity index (χ0) is 18.6. The first-order valence-electron chi connectivity index (χ1n) is 7.98. The first kappa shape index (κ1) is 18.4. The van der Waals surface area contributed by atoms with Crippen LogP contribution in [0.15, 0.2) is 18.2 Å². The van der Waals surface area contributed by atoms with E-state index in [-0.39, 0.29) is 12.6 Å². The van der Waals surface area contributed by atoms with Crippen molar-refractivity contribution in [3.8, 4) is 0 Å². The van der Waals surface area contributed by atoms with E-state index >= 15 is 0 Å². The summed E-state index contributed by atoms with van der Waals surface area (Å²) in [5, 5.41) is 5.59. The van der Waals surface area contributed by atoms with Crippen molar-refractivity contribution >= 4 is 23.6 Å². The third-order valence-corrected chi connectivity index (χ3v) is 3.63. The summed E-state index contributed by atoms with van der Waals surface area (Å²) < 4.78 is 0. The van der Waals surface area contributed by atoms with Crippen LogP contribution in [0.4, 0.5) is 22.4 Å². The molecule has 2 amide bonds. The Labute approximate surface area is 148 Å². The van der Waals surface area contributed by atoms with Crippen LogP contribution in [0.25, 0.3) is 0 Å². The number of amides is 2. The number of benzene rings is 1. The Morgan fingerprint density at radius 2 is 1.56 bits per heavy atom. The SMILES string of the molecule is Cc1ccc(NC(=O)NCc2nc(N(C)C)nc(N(C)C)n2)cc1C. The third-order valence-electron chi connectivity index (χ3n) is 3.63. The Balaban J connectivity index is 2.04. The van der Waals surface area contributed by atoms with Crippen molar-refractivity contribution in [2.45, 2.75) is 20.4 Å². The molecule has 8 nitrogen and oxygen atoms in total. The number of carbonyl (C=O) groups excluding carboxylic acids is 1. The highest BCUT2D eigenvalue weighted by atomic mass is 16.2. The molecule has 0 spiro atoms. The summed E-state index contributed by atoms with van der Waals surface area (Å²) in [5.74, 6) is 1.59. The average Bonchev–Trinajstić information content (AvgIpc) is 2.56. The molecule has 2 N–H and O–H groups in total. The fraction of sp³-hybridized carbons (Fsp3) is 0.412. The van der Waals surface area contributed by atoms with Gasteiger partial charge in [-0.15, -0.1) is 0 Å². The summed E-state index contributed by atoms with van der Waals surface area (Å²) >= 11 is 0. The normalized spacial score (nSPS) is 10.3. The lowest BCUT2D eigenvalue weighted by atomic mass is 10.1. The molecule has 0 atom stereocenters. The van der Waals surface area contributed by atoms with Crippen molar-refractivity contribution in [3.05, 3.63) is 35.2 Å². The predicted molar refractivity (Wildman–Crippen MR) is 100 cm³/mol. The van der Waals surface area contributed by atoms with Crippen LogP contribution in [-0.4, -0.2) is 49.2 Å². The Kier molecular flexibility index (Phi) is 5.74. The third kappa shape index (κ3) is 5.03. The Morgan fingerprint density at radius 1 is 0.960 bits per heavy atom. The molecule has 25 heavy (non-hydrogen) atoms. The van der Waals surface area contributed by atoms with Gasteiger partial charge in [0.1, 0.15) is 0 Å². The molecular weight excluding hydrogens is 318 g/mol. The molecule has 1 heterocycles. The second-order valence-corrected chi connectivity index (χ2v) is 6.25. The molecule has 1 aromatic heterocycles. The monoisotopic (exact) mass is 343 g/mol. The molecule has 0 fully saturated rings. The fourth-order valence-electron chi connectivity index (χ4n) is 2.03. The molecule has 0 saturated heterocycles. The van der Waals surface area contributed by atoms with Crippen molar-refractivity contribution in [3.63, 3.8) is 0 Å². The molecular formula is C17H25N7O. The number of nitrogens with zero attached hydrogens (tertiary/aromatic N) is 5. The van der Waals surface area contributed by atoms with Gasteiger partial charge in [0.2, 0.25) is 11.9 Å². The lowest BCUT2D eigenvalue weighted by molar-refractivity contribution is 0.251. The van der Waals surface area contributed by atoms with Gasteiger partial charge in [-0.25, -0.2) is 4.79 Å². The molecule has 1 aromatic carbocycles. The molecule has 2 rings (SSSR count). The van der Waals surface area contributed by atoms with E-state index in [1.807, 2.05) is 60.2 Å². The maximum Gasteiger partial charge on any atom is 0.319 e. The number of anilines is 3. The minimum atomic E-state index is -0.304. The van der Waals surface area contributed by atoms with E-state index in [2.05, 4.69) is 25.6 Å². The molecule has 8 heteroatoms. The summed E-state index contributed by atoms with van der Waals surface area (Å²) in [5.41, 5.74) is 3.06. The number of hydrogen-bond acceptors (Lipinski definition) is 6. The quantitative estimate of drug-likeness (QED) is 0.863. The van der Waals surface area contributed by atoms with Gasteiger partial charge in [0.25, 0.3) is 0 Å². The minimum absolute atomic E-state index is 0.209. The molecule has 0 radical (unpaired) electrons. The van der Waals surface area contributed by atoms with Gasteiger partial charge in [0, 0.05) is 33.9 Å². The van der Waals surface area contributed by atoms with Crippen LogP contribution in [0.1, 0.15) is 17.0 Å². The van der Waals surface area contributed by atoms with Gasteiger partial charge in [0.05, 0.1) is 6.54 Å². The number of nitrogens with one attached hydrogen (secondary N) is 2. The van der Waals surface area contributed by atoms with Crippen LogP contribution >= 0.6 is 0 Å². The predicted octanol–water partition coefficient (Wildman–Crippen LogP) is 1.94. The van der Waals surface area contributed by atoms with Crippen molar-refractivity contribution in [2.75, 3.05) is 43.3 Å². The van der Waals surface area contributed by atoms with Crippen LogP contribution in [0, 0.1) is 13.8 Å². The van der Waals surface area contributed by atoms with E-state index in [1.54, 1.807) is 9.80 Å². The van der Waals surface area contributed by atoms with Crippen LogP contribution in [-0.2, 0) is 6.54 Å². The molecule has 0 aliphatic rings. The van der Waals surface area contributed by atoms with Gasteiger partial charge in [-0.2, -0.15) is 15.0 Å². The van der Waals surface area contributed by atoms with E-state index in [1.165, 1.54) is 5.56 Å². The molecule has 0 aliphatic carbocycles. The summed E-state index contributed by atoms with van der Waals surface area (Å²) in [6.07, 6.45) is 0. The first-order chi connectivity index (χ1) is 11.8.